The Balaban J connectivity index is 2.58. The molecule has 0 saturated heterocycles. The number of hydrogen-bond acceptors (Lipinski definition) is 0. The standard InChI is InChI=1S/C11H12ClN2/c1-13-10(8-11(12)14(13)2)9-6-4-3-5-7-9/h3-8H,1-2H3/q+1. The molecule has 0 aliphatic heterocycles. The largest absolute Gasteiger partial charge is 0.239 e. The van der Waals surface area contributed by atoms with Gasteiger partial charge in [-0.2, -0.15) is 0 Å². The van der Waals surface area contributed by atoms with Crippen LogP contribution in [0.3, 0.4) is 0 Å². The summed E-state index contributed by atoms with van der Waals surface area (Å²) in [7, 11) is 3.93. The second-order valence-corrected chi connectivity index (χ2v) is 3.65. The van der Waals surface area contributed by atoms with Gasteiger partial charge in [-0.05, 0) is 12.1 Å². The Kier molecular flexibility index (Phi) is 2.30. The molecule has 0 spiro atoms. The average Bonchev–Trinajstić information content (AvgIpc) is 2.47. The minimum Gasteiger partial charge on any atom is -0.145 e. The first-order chi connectivity index (χ1) is 6.70. The molecule has 2 nitrogen and oxygen atoms in total. The highest BCUT2D eigenvalue weighted by atomic mass is 35.5. The van der Waals surface area contributed by atoms with Gasteiger partial charge in [0.05, 0.1) is 13.1 Å². The summed E-state index contributed by atoms with van der Waals surface area (Å²) in [6.45, 7) is 0. The van der Waals surface area contributed by atoms with Crippen molar-refractivity contribution in [2.45, 2.75) is 0 Å². The fourth-order valence-electron chi connectivity index (χ4n) is 1.48. The van der Waals surface area contributed by atoms with Gasteiger partial charge in [-0.3, -0.25) is 0 Å². The number of aromatic nitrogens is 2. The van der Waals surface area contributed by atoms with Crippen LogP contribution in [0.25, 0.3) is 11.3 Å². The first-order valence-electron chi connectivity index (χ1n) is 4.47. The summed E-state index contributed by atoms with van der Waals surface area (Å²) < 4.78 is 3.93. The summed E-state index contributed by atoms with van der Waals surface area (Å²) in [5.74, 6) is 0. The number of nitrogens with zero attached hydrogens (tertiary/aromatic N) is 2. The molecule has 0 radical (unpaired) electrons. The zero-order valence-electron chi connectivity index (χ0n) is 8.24. The van der Waals surface area contributed by atoms with E-state index in [0.29, 0.717) is 0 Å². The highest BCUT2D eigenvalue weighted by Crippen LogP contribution is 2.18. The highest BCUT2D eigenvalue weighted by molar-refractivity contribution is 6.29. The second kappa shape index (κ2) is 3.46. The van der Waals surface area contributed by atoms with E-state index in [2.05, 4.69) is 12.1 Å². The van der Waals surface area contributed by atoms with Gasteiger partial charge in [0.1, 0.15) is 0 Å². The van der Waals surface area contributed by atoms with E-state index >= 15 is 0 Å². The Morgan fingerprint density at radius 2 is 1.86 bits per heavy atom. The predicted molar refractivity (Wildman–Crippen MR) is 57.0 cm³/mol. The molecule has 0 unspecified atom stereocenters. The molecule has 0 atom stereocenters. The van der Waals surface area contributed by atoms with E-state index in [9.17, 15) is 0 Å². The van der Waals surface area contributed by atoms with Crippen LogP contribution in [0.15, 0.2) is 36.4 Å². The van der Waals surface area contributed by atoms with Gasteiger partial charge in [0, 0.05) is 5.56 Å². The van der Waals surface area contributed by atoms with Crippen LogP contribution in [0.4, 0.5) is 0 Å². The summed E-state index contributed by atoms with van der Waals surface area (Å²) in [6, 6.07) is 12.2. The summed E-state index contributed by atoms with van der Waals surface area (Å²) in [6.07, 6.45) is 0. The van der Waals surface area contributed by atoms with Gasteiger partial charge in [0.2, 0.25) is 5.69 Å². The maximum atomic E-state index is 6.03. The third kappa shape index (κ3) is 1.42. The molecule has 0 fully saturated rings. The van der Waals surface area contributed by atoms with Gasteiger partial charge in [-0.1, -0.05) is 29.8 Å². The Labute approximate surface area is 88.3 Å². The summed E-state index contributed by atoms with van der Waals surface area (Å²) in [4.78, 5) is 0. The lowest BCUT2D eigenvalue weighted by Crippen LogP contribution is -2.38. The minimum atomic E-state index is 0.742. The average molecular weight is 208 g/mol. The lowest BCUT2D eigenvalue weighted by molar-refractivity contribution is -0.741. The Morgan fingerprint density at radius 3 is 2.36 bits per heavy atom. The van der Waals surface area contributed by atoms with E-state index in [1.165, 1.54) is 5.56 Å². The van der Waals surface area contributed by atoms with Gasteiger partial charge < -0.3 is 0 Å². The van der Waals surface area contributed by atoms with Crippen LogP contribution in [0.2, 0.25) is 5.15 Å². The lowest BCUT2D eigenvalue weighted by atomic mass is 10.1. The van der Waals surface area contributed by atoms with Crippen molar-refractivity contribution in [2.24, 2.45) is 14.1 Å². The van der Waals surface area contributed by atoms with E-state index in [1.54, 1.807) is 0 Å². The SMILES string of the molecule is Cn1c(Cl)cc(-c2ccccc2)[n+]1C. The Morgan fingerprint density at radius 1 is 1.21 bits per heavy atom. The van der Waals surface area contributed by atoms with Crippen molar-refractivity contribution in [3.63, 3.8) is 0 Å². The van der Waals surface area contributed by atoms with Gasteiger partial charge in [0.25, 0.3) is 0 Å². The van der Waals surface area contributed by atoms with Crippen LogP contribution >= 0.6 is 11.6 Å². The monoisotopic (exact) mass is 207 g/mol. The molecule has 0 aliphatic rings. The van der Waals surface area contributed by atoms with Crippen LogP contribution < -0.4 is 4.68 Å². The smallest absolute Gasteiger partial charge is 0.145 e. The van der Waals surface area contributed by atoms with Crippen molar-refractivity contribution in [3.8, 4) is 11.3 Å². The first-order valence-corrected chi connectivity index (χ1v) is 4.85. The number of halogens is 1. The van der Waals surface area contributed by atoms with Crippen molar-refractivity contribution >= 4 is 11.6 Å². The van der Waals surface area contributed by atoms with Gasteiger partial charge in [0.15, 0.2) is 12.2 Å². The van der Waals surface area contributed by atoms with Crippen molar-refractivity contribution < 1.29 is 4.68 Å². The normalized spacial score (nSPS) is 10.5. The summed E-state index contributed by atoms with van der Waals surface area (Å²) >= 11 is 6.03. The fourth-order valence-corrected chi connectivity index (χ4v) is 1.70. The van der Waals surface area contributed by atoms with E-state index in [4.69, 9.17) is 11.6 Å². The molecule has 1 heterocycles. The van der Waals surface area contributed by atoms with E-state index in [0.717, 1.165) is 10.8 Å². The van der Waals surface area contributed by atoms with Gasteiger partial charge in [-0.25, -0.2) is 0 Å². The van der Waals surface area contributed by atoms with Crippen LogP contribution in [0, 0.1) is 0 Å². The number of rotatable bonds is 1. The van der Waals surface area contributed by atoms with Crippen LogP contribution in [-0.4, -0.2) is 4.68 Å². The van der Waals surface area contributed by atoms with Crippen LogP contribution in [0.5, 0.6) is 0 Å². The lowest BCUT2D eigenvalue weighted by Gasteiger charge is -1.94. The number of benzene rings is 1. The van der Waals surface area contributed by atoms with Gasteiger partial charge in [-0.15, -0.1) is 9.36 Å². The van der Waals surface area contributed by atoms with Gasteiger partial charge >= 0.3 is 0 Å². The maximum Gasteiger partial charge on any atom is 0.239 e. The molecule has 72 valence electrons. The molecule has 2 rings (SSSR count). The molecule has 0 aliphatic carbocycles. The molecular weight excluding hydrogens is 196 g/mol. The predicted octanol–water partition coefficient (Wildman–Crippen LogP) is 2.17. The first kappa shape index (κ1) is 9.28. The van der Waals surface area contributed by atoms with Crippen LogP contribution in [-0.2, 0) is 14.1 Å². The molecule has 1 aromatic carbocycles. The Bertz CT molecular complexity index is 446. The molecule has 0 N–H and O–H groups in total. The molecule has 0 saturated carbocycles. The third-order valence-electron chi connectivity index (χ3n) is 2.43. The van der Waals surface area contributed by atoms with Crippen molar-refractivity contribution in [1.82, 2.24) is 4.68 Å². The van der Waals surface area contributed by atoms with Crippen molar-refractivity contribution in [3.05, 3.63) is 41.6 Å². The highest BCUT2D eigenvalue weighted by Gasteiger charge is 2.16. The van der Waals surface area contributed by atoms with Crippen LogP contribution in [0.1, 0.15) is 0 Å². The summed E-state index contributed by atoms with van der Waals surface area (Å²) in [5, 5.41) is 0.742. The molecule has 1 aromatic heterocycles. The third-order valence-corrected chi connectivity index (χ3v) is 2.79. The van der Waals surface area contributed by atoms with Crippen molar-refractivity contribution in [2.75, 3.05) is 0 Å². The van der Waals surface area contributed by atoms with E-state index in [-0.39, 0.29) is 0 Å². The molecular formula is C11H12ClN2+. The second-order valence-electron chi connectivity index (χ2n) is 3.27. The number of hydrogen-bond donors (Lipinski definition) is 0. The quantitative estimate of drug-likeness (QED) is 0.634. The maximum absolute atomic E-state index is 6.03. The Hall–Kier alpha value is -1.28. The fraction of sp³-hybridized carbons (Fsp3) is 0.182. The molecule has 3 heteroatoms. The topological polar surface area (TPSA) is 8.81 Å². The molecule has 0 amide bonds. The molecule has 14 heavy (non-hydrogen) atoms. The minimum absolute atomic E-state index is 0.742. The van der Waals surface area contributed by atoms with E-state index < -0.39 is 0 Å². The van der Waals surface area contributed by atoms with Crippen molar-refractivity contribution in [1.29, 1.82) is 0 Å². The summed E-state index contributed by atoms with van der Waals surface area (Å²) in [5.41, 5.74) is 2.30. The molecule has 0 bridgehead atoms. The molecule has 2 aromatic rings. The zero-order chi connectivity index (χ0) is 10.1. The zero-order valence-corrected chi connectivity index (χ0v) is 8.99. The van der Waals surface area contributed by atoms with E-state index in [1.807, 2.05) is 47.7 Å².